The second-order valence-electron chi connectivity index (χ2n) is 6.03. The van der Waals surface area contributed by atoms with Crippen LogP contribution in [0.2, 0.25) is 0 Å². The number of aromatic nitrogens is 4. The van der Waals surface area contributed by atoms with Gasteiger partial charge in [-0.05, 0) is 12.1 Å². The molecule has 3 rings (SSSR count). The Balaban J connectivity index is 1.90. The van der Waals surface area contributed by atoms with Gasteiger partial charge in [0.05, 0.1) is 6.54 Å². The molecule has 0 amide bonds. The Labute approximate surface area is 154 Å². The molecule has 1 atom stereocenters. The fourth-order valence-electron chi connectivity index (χ4n) is 2.70. The van der Waals surface area contributed by atoms with Crippen LogP contribution < -0.4 is 27.0 Å². The van der Waals surface area contributed by atoms with Crippen molar-refractivity contribution in [2.24, 2.45) is 12.8 Å². The third kappa shape index (κ3) is 4.01. The summed E-state index contributed by atoms with van der Waals surface area (Å²) < 4.78 is 8.33. The van der Waals surface area contributed by atoms with Crippen LogP contribution in [0.25, 0.3) is 11.2 Å². The van der Waals surface area contributed by atoms with E-state index in [0.717, 1.165) is 0 Å². The van der Waals surface area contributed by atoms with Crippen molar-refractivity contribution in [3.05, 3.63) is 51.2 Å². The number of H-pyrrole nitrogens is 1. The predicted octanol–water partition coefficient (Wildman–Crippen LogP) is -0.766. The number of hydrogen-bond acceptors (Lipinski definition) is 7. The van der Waals surface area contributed by atoms with Crippen molar-refractivity contribution < 1.29 is 9.84 Å². The Bertz CT molecular complexity index is 1020. The zero-order valence-electron chi connectivity index (χ0n) is 14.9. The Kier molecular flexibility index (Phi) is 5.57. The highest BCUT2D eigenvalue weighted by molar-refractivity contribution is 5.74. The first kappa shape index (κ1) is 18.7. The maximum atomic E-state index is 12.3. The number of aliphatic hydroxyl groups is 1. The maximum absolute atomic E-state index is 12.3. The monoisotopic (exact) mass is 374 g/mol. The number of nitrogens with two attached hydrogens (primary N) is 1. The Morgan fingerprint density at radius 1 is 1.33 bits per heavy atom. The second kappa shape index (κ2) is 8.06. The van der Waals surface area contributed by atoms with Gasteiger partial charge in [-0.2, -0.15) is 4.98 Å². The molecular formula is C17H22N6O4. The fourth-order valence-corrected chi connectivity index (χ4v) is 2.70. The Morgan fingerprint density at radius 3 is 2.78 bits per heavy atom. The normalized spacial score (nSPS) is 12.3. The molecule has 10 nitrogen and oxygen atoms in total. The molecule has 0 aliphatic heterocycles. The molecule has 0 radical (unpaired) electrons. The Hall–Kier alpha value is -3.11. The number of nitrogens with one attached hydrogen (secondary N) is 2. The van der Waals surface area contributed by atoms with E-state index in [2.05, 4.69) is 15.3 Å². The summed E-state index contributed by atoms with van der Waals surface area (Å²) in [5.41, 5.74) is 4.81. The quantitative estimate of drug-likeness (QED) is 0.406. The summed E-state index contributed by atoms with van der Waals surface area (Å²) in [5, 5.41) is 13.4. The van der Waals surface area contributed by atoms with E-state index in [4.69, 9.17) is 10.5 Å². The highest BCUT2D eigenvalue weighted by Gasteiger charge is 2.19. The number of imidazole rings is 1. The molecule has 0 saturated carbocycles. The molecule has 0 fully saturated rings. The zero-order chi connectivity index (χ0) is 19.4. The number of anilines is 1. The summed E-state index contributed by atoms with van der Waals surface area (Å²) in [6.45, 7) is 0.866. The van der Waals surface area contributed by atoms with E-state index in [1.54, 1.807) is 12.1 Å². The van der Waals surface area contributed by atoms with Crippen LogP contribution in [-0.2, 0) is 13.6 Å². The van der Waals surface area contributed by atoms with E-state index in [1.807, 2.05) is 18.2 Å². The van der Waals surface area contributed by atoms with Crippen LogP contribution in [0.1, 0.15) is 0 Å². The molecule has 0 bridgehead atoms. The average molecular weight is 374 g/mol. The van der Waals surface area contributed by atoms with Gasteiger partial charge in [0.15, 0.2) is 11.2 Å². The second-order valence-corrected chi connectivity index (χ2v) is 6.03. The van der Waals surface area contributed by atoms with Gasteiger partial charge in [-0.25, -0.2) is 4.79 Å². The van der Waals surface area contributed by atoms with Gasteiger partial charge < -0.3 is 25.5 Å². The third-order valence-corrected chi connectivity index (χ3v) is 4.01. The lowest BCUT2D eigenvalue weighted by Crippen LogP contribution is -2.31. The molecule has 0 unspecified atom stereocenters. The first-order valence-electron chi connectivity index (χ1n) is 8.50. The van der Waals surface area contributed by atoms with E-state index in [0.29, 0.717) is 24.8 Å². The minimum atomic E-state index is -0.905. The van der Waals surface area contributed by atoms with Crippen molar-refractivity contribution >= 4 is 17.1 Å². The number of benzene rings is 1. The number of hydrogen-bond donors (Lipinski definition) is 4. The molecule has 0 saturated heterocycles. The predicted molar refractivity (Wildman–Crippen MR) is 101 cm³/mol. The number of aromatic amines is 1. The van der Waals surface area contributed by atoms with Gasteiger partial charge in [0.1, 0.15) is 18.5 Å². The molecule has 3 aromatic rings. The molecule has 2 heterocycles. The van der Waals surface area contributed by atoms with Crippen molar-refractivity contribution in [2.75, 3.05) is 25.0 Å². The third-order valence-electron chi connectivity index (χ3n) is 4.01. The fraction of sp³-hybridized carbons (Fsp3) is 0.353. The molecule has 0 aliphatic carbocycles. The van der Waals surface area contributed by atoms with Gasteiger partial charge in [-0.1, -0.05) is 18.2 Å². The number of fused-ring (bicyclic) bond motifs is 1. The number of rotatable bonds is 8. The van der Waals surface area contributed by atoms with Gasteiger partial charge >= 0.3 is 5.69 Å². The van der Waals surface area contributed by atoms with Crippen LogP contribution in [0.15, 0.2) is 39.9 Å². The SMILES string of the molecule is Cn1c(=O)[nH]c(=O)c2c1nc(NCCN)n2C[C@H](O)COc1ccccc1. The van der Waals surface area contributed by atoms with Crippen LogP contribution in [0.3, 0.4) is 0 Å². The van der Waals surface area contributed by atoms with Crippen molar-refractivity contribution in [2.45, 2.75) is 12.6 Å². The lowest BCUT2D eigenvalue weighted by molar-refractivity contribution is 0.0938. The van der Waals surface area contributed by atoms with E-state index in [-0.39, 0.29) is 24.3 Å². The molecular weight excluding hydrogens is 352 g/mol. The number of para-hydroxylation sites is 1. The van der Waals surface area contributed by atoms with Gasteiger partial charge in [-0.15, -0.1) is 0 Å². The Morgan fingerprint density at radius 2 is 2.07 bits per heavy atom. The minimum absolute atomic E-state index is 0.0314. The summed E-state index contributed by atoms with van der Waals surface area (Å²) in [5.74, 6) is 0.981. The van der Waals surface area contributed by atoms with Crippen LogP contribution in [-0.4, -0.2) is 50.0 Å². The molecule has 5 N–H and O–H groups in total. The summed E-state index contributed by atoms with van der Waals surface area (Å²) in [6, 6.07) is 9.11. The maximum Gasteiger partial charge on any atom is 0.329 e. The van der Waals surface area contributed by atoms with Gasteiger partial charge in [0.2, 0.25) is 5.95 Å². The summed E-state index contributed by atoms with van der Waals surface area (Å²) >= 11 is 0. The highest BCUT2D eigenvalue weighted by Crippen LogP contribution is 2.16. The average Bonchev–Trinajstić information content (AvgIpc) is 3.02. The van der Waals surface area contributed by atoms with Crippen molar-refractivity contribution in [3.8, 4) is 5.75 Å². The summed E-state index contributed by atoms with van der Waals surface area (Å²) in [6.07, 6.45) is -0.905. The van der Waals surface area contributed by atoms with Gasteiger partial charge in [0.25, 0.3) is 5.56 Å². The molecule has 0 spiro atoms. The van der Waals surface area contributed by atoms with Gasteiger partial charge in [-0.3, -0.25) is 14.3 Å². The first-order chi connectivity index (χ1) is 13.0. The number of aliphatic hydroxyl groups excluding tert-OH is 1. The van der Waals surface area contributed by atoms with E-state index in [1.165, 1.54) is 16.2 Å². The number of nitrogens with zero attached hydrogens (tertiary/aromatic N) is 3. The topological polar surface area (TPSA) is 140 Å². The molecule has 10 heteroatoms. The van der Waals surface area contributed by atoms with Crippen LogP contribution in [0.4, 0.5) is 5.95 Å². The van der Waals surface area contributed by atoms with Crippen LogP contribution in [0.5, 0.6) is 5.75 Å². The zero-order valence-corrected chi connectivity index (χ0v) is 14.9. The minimum Gasteiger partial charge on any atom is -0.491 e. The highest BCUT2D eigenvalue weighted by atomic mass is 16.5. The van der Waals surface area contributed by atoms with Crippen molar-refractivity contribution in [1.29, 1.82) is 0 Å². The summed E-state index contributed by atoms with van der Waals surface area (Å²) in [4.78, 5) is 30.7. The molecule has 0 aliphatic rings. The summed E-state index contributed by atoms with van der Waals surface area (Å²) in [7, 11) is 1.51. The number of ether oxygens (including phenoxy) is 1. The molecule has 1 aromatic carbocycles. The standard InChI is InChI=1S/C17H22N6O4/c1-22-14-13(15(25)21-17(22)26)23(16(20-14)19-8-7-18)9-11(24)10-27-12-5-3-2-4-6-12/h2-6,11,24H,7-10,18H2,1H3,(H,19,20)(H,21,25,26)/t11-/m0/s1. The molecule has 2 aromatic heterocycles. The lowest BCUT2D eigenvalue weighted by atomic mass is 10.3. The largest absolute Gasteiger partial charge is 0.491 e. The smallest absolute Gasteiger partial charge is 0.329 e. The van der Waals surface area contributed by atoms with Gasteiger partial charge in [0, 0.05) is 20.1 Å². The van der Waals surface area contributed by atoms with E-state index < -0.39 is 17.4 Å². The number of aryl methyl sites for hydroxylation is 1. The first-order valence-corrected chi connectivity index (χ1v) is 8.50. The van der Waals surface area contributed by atoms with E-state index in [9.17, 15) is 14.7 Å². The molecule has 144 valence electrons. The van der Waals surface area contributed by atoms with E-state index >= 15 is 0 Å². The molecule has 27 heavy (non-hydrogen) atoms. The van der Waals surface area contributed by atoms with Crippen molar-refractivity contribution in [1.82, 2.24) is 19.1 Å². The van der Waals surface area contributed by atoms with Crippen molar-refractivity contribution in [3.63, 3.8) is 0 Å². The van der Waals surface area contributed by atoms with Crippen LogP contribution >= 0.6 is 0 Å². The lowest BCUT2D eigenvalue weighted by Gasteiger charge is -2.15. The van der Waals surface area contributed by atoms with Crippen LogP contribution in [0, 0.1) is 0 Å².